The first-order chi connectivity index (χ1) is 8.15. The molecule has 1 amide bonds. The number of thioether (sulfide) groups is 1. The number of rotatable bonds is 3. The molecule has 0 bridgehead atoms. The highest BCUT2D eigenvalue weighted by Gasteiger charge is 2.38. The second kappa shape index (κ2) is 5.29. The number of nitrogens with zero attached hydrogens (tertiary/aromatic N) is 1. The van der Waals surface area contributed by atoms with E-state index in [1.54, 1.807) is 16.7 Å². The molecule has 1 fully saturated rings. The van der Waals surface area contributed by atoms with E-state index in [0.717, 1.165) is 5.56 Å². The molecule has 17 heavy (non-hydrogen) atoms. The van der Waals surface area contributed by atoms with Crippen LogP contribution in [0.3, 0.4) is 0 Å². The number of aliphatic hydroxyl groups is 1. The molecule has 1 aliphatic rings. The van der Waals surface area contributed by atoms with Gasteiger partial charge < -0.3 is 10.0 Å². The van der Waals surface area contributed by atoms with E-state index in [0.29, 0.717) is 11.6 Å². The first-order valence-electron chi connectivity index (χ1n) is 5.46. The molecule has 5 heteroatoms. The molecule has 1 N–H and O–H groups in total. The van der Waals surface area contributed by atoms with E-state index in [1.165, 1.54) is 0 Å². The molecule has 0 aliphatic carbocycles. The summed E-state index contributed by atoms with van der Waals surface area (Å²) >= 11 is 7.72. The Hall–Kier alpha value is -0.710. The Bertz CT molecular complexity index is 427. The molecule has 2 rings (SSSR count). The Morgan fingerprint density at radius 3 is 2.82 bits per heavy atom. The van der Waals surface area contributed by atoms with Crippen molar-refractivity contribution in [2.45, 2.75) is 17.5 Å². The number of hydrogen-bond donors (Lipinski definition) is 1. The second-order valence-corrected chi connectivity index (χ2v) is 5.74. The molecule has 1 heterocycles. The summed E-state index contributed by atoms with van der Waals surface area (Å²) in [4.78, 5) is 13.6. The molecule has 0 spiro atoms. The van der Waals surface area contributed by atoms with E-state index in [9.17, 15) is 4.79 Å². The molecule has 2 atom stereocenters. The molecule has 3 nitrogen and oxygen atoms in total. The molecule has 1 aromatic rings. The monoisotopic (exact) mass is 271 g/mol. The van der Waals surface area contributed by atoms with Gasteiger partial charge in [0.15, 0.2) is 0 Å². The van der Waals surface area contributed by atoms with Crippen molar-refractivity contribution in [1.29, 1.82) is 0 Å². The lowest BCUT2D eigenvalue weighted by Crippen LogP contribution is -2.32. The van der Waals surface area contributed by atoms with Gasteiger partial charge in [-0.25, -0.2) is 0 Å². The van der Waals surface area contributed by atoms with E-state index in [4.69, 9.17) is 16.7 Å². The van der Waals surface area contributed by atoms with Crippen LogP contribution in [0, 0.1) is 0 Å². The van der Waals surface area contributed by atoms with Crippen LogP contribution < -0.4 is 0 Å². The SMILES string of the molecule is CC1SC(c2ccccc2Cl)N(CCO)C1=O. The summed E-state index contributed by atoms with van der Waals surface area (Å²) < 4.78 is 0. The van der Waals surface area contributed by atoms with Crippen LogP contribution in [0.4, 0.5) is 0 Å². The number of benzene rings is 1. The highest BCUT2D eigenvalue weighted by Crippen LogP contribution is 2.44. The van der Waals surface area contributed by atoms with Crippen LogP contribution in [-0.4, -0.2) is 34.3 Å². The minimum Gasteiger partial charge on any atom is -0.395 e. The van der Waals surface area contributed by atoms with Gasteiger partial charge in [0.25, 0.3) is 0 Å². The third-order valence-electron chi connectivity index (χ3n) is 2.76. The van der Waals surface area contributed by atoms with Gasteiger partial charge in [0, 0.05) is 17.1 Å². The minimum absolute atomic E-state index is 0.0278. The van der Waals surface area contributed by atoms with E-state index in [2.05, 4.69) is 0 Å². The quantitative estimate of drug-likeness (QED) is 0.917. The fourth-order valence-electron chi connectivity index (χ4n) is 1.93. The molecular weight excluding hydrogens is 258 g/mol. The van der Waals surface area contributed by atoms with Gasteiger partial charge in [-0.15, -0.1) is 11.8 Å². The lowest BCUT2D eigenvalue weighted by atomic mass is 10.2. The number of hydrogen-bond acceptors (Lipinski definition) is 3. The summed E-state index contributed by atoms with van der Waals surface area (Å²) in [6.45, 7) is 2.21. The summed E-state index contributed by atoms with van der Waals surface area (Å²) in [5.41, 5.74) is 0.935. The van der Waals surface area contributed by atoms with Gasteiger partial charge in [0.2, 0.25) is 5.91 Å². The summed E-state index contributed by atoms with van der Waals surface area (Å²) in [6.07, 6.45) is 0. The molecule has 1 aliphatic heterocycles. The zero-order chi connectivity index (χ0) is 12.4. The molecule has 0 radical (unpaired) electrons. The number of aliphatic hydroxyl groups excluding tert-OH is 1. The summed E-state index contributed by atoms with van der Waals surface area (Å²) in [7, 11) is 0. The highest BCUT2D eigenvalue weighted by molar-refractivity contribution is 8.01. The normalized spacial score (nSPS) is 24.4. The van der Waals surface area contributed by atoms with Crippen molar-refractivity contribution in [3.8, 4) is 0 Å². The smallest absolute Gasteiger partial charge is 0.236 e. The van der Waals surface area contributed by atoms with Gasteiger partial charge >= 0.3 is 0 Å². The van der Waals surface area contributed by atoms with Gasteiger partial charge in [-0.3, -0.25) is 4.79 Å². The predicted octanol–water partition coefficient (Wildman–Crippen LogP) is 2.29. The van der Waals surface area contributed by atoms with Gasteiger partial charge in [0.05, 0.1) is 11.9 Å². The standard InChI is InChI=1S/C12H14ClNO2S/c1-8-11(16)14(6-7-15)12(17-8)9-4-2-3-5-10(9)13/h2-5,8,12,15H,6-7H2,1H3. The zero-order valence-corrected chi connectivity index (χ0v) is 11.0. The maximum Gasteiger partial charge on any atom is 0.236 e. The maximum atomic E-state index is 11.9. The van der Waals surface area contributed by atoms with Crippen molar-refractivity contribution in [2.75, 3.05) is 13.2 Å². The summed E-state index contributed by atoms with van der Waals surface area (Å²) in [5.74, 6) is 0.0639. The maximum absolute atomic E-state index is 11.9. The molecule has 1 saturated heterocycles. The van der Waals surface area contributed by atoms with Gasteiger partial charge in [-0.1, -0.05) is 29.8 Å². The fourth-order valence-corrected chi connectivity index (χ4v) is 3.58. The number of β-amino-alcohol motifs (C(OH)–C–C–N with tert-alkyl or cyclic N) is 1. The van der Waals surface area contributed by atoms with E-state index in [1.807, 2.05) is 31.2 Å². The number of carbonyl (C=O) groups excluding carboxylic acids is 1. The first kappa shape index (κ1) is 12.7. The Balaban J connectivity index is 2.31. The van der Waals surface area contributed by atoms with Crippen molar-refractivity contribution >= 4 is 29.3 Å². The van der Waals surface area contributed by atoms with E-state index < -0.39 is 0 Å². The van der Waals surface area contributed by atoms with Gasteiger partial charge in [-0.2, -0.15) is 0 Å². The van der Waals surface area contributed by atoms with Crippen LogP contribution in [0.15, 0.2) is 24.3 Å². The molecule has 1 aromatic carbocycles. The third kappa shape index (κ3) is 2.44. The third-order valence-corrected chi connectivity index (χ3v) is 4.48. The van der Waals surface area contributed by atoms with Crippen LogP contribution in [0.1, 0.15) is 17.9 Å². The molecule has 92 valence electrons. The van der Waals surface area contributed by atoms with Crippen molar-refractivity contribution in [3.63, 3.8) is 0 Å². The summed E-state index contributed by atoms with van der Waals surface area (Å²) in [6, 6.07) is 7.52. The van der Waals surface area contributed by atoms with E-state index in [-0.39, 0.29) is 23.1 Å². The van der Waals surface area contributed by atoms with Gasteiger partial charge in [0.1, 0.15) is 5.37 Å². The Morgan fingerprint density at radius 2 is 2.18 bits per heavy atom. The predicted molar refractivity (Wildman–Crippen MR) is 70.0 cm³/mol. The molecular formula is C12H14ClNO2S. The Labute approximate surface area is 110 Å². The lowest BCUT2D eigenvalue weighted by molar-refractivity contribution is -0.130. The number of halogens is 1. The Kier molecular flexibility index (Phi) is 3.97. The number of carbonyl (C=O) groups is 1. The lowest BCUT2D eigenvalue weighted by Gasteiger charge is -2.23. The molecule has 0 saturated carbocycles. The highest BCUT2D eigenvalue weighted by atomic mass is 35.5. The fraction of sp³-hybridized carbons (Fsp3) is 0.417. The van der Waals surface area contributed by atoms with E-state index >= 15 is 0 Å². The first-order valence-corrected chi connectivity index (χ1v) is 6.78. The largest absolute Gasteiger partial charge is 0.395 e. The average molecular weight is 272 g/mol. The van der Waals surface area contributed by atoms with Crippen LogP contribution in [0.2, 0.25) is 5.02 Å². The van der Waals surface area contributed by atoms with Crippen molar-refractivity contribution < 1.29 is 9.90 Å². The van der Waals surface area contributed by atoms with Crippen LogP contribution in [0.5, 0.6) is 0 Å². The van der Waals surface area contributed by atoms with Crippen molar-refractivity contribution in [3.05, 3.63) is 34.9 Å². The zero-order valence-electron chi connectivity index (χ0n) is 9.47. The van der Waals surface area contributed by atoms with Crippen LogP contribution in [0.25, 0.3) is 0 Å². The van der Waals surface area contributed by atoms with Gasteiger partial charge in [-0.05, 0) is 13.0 Å². The van der Waals surface area contributed by atoms with Crippen molar-refractivity contribution in [2.24, 2.45) is 0 Å². The topological polar surface area (TPSA) is 40.5 Å². The molecule has 0 aromatic heterocycles. The average Bonchev–Trinajstić information content (AvgIpc) is 2.58. The molecule has 2 unspecified atom stereocenters. The van der Waals surface area contributed by atoms with Crippen molar-refractivity contribution in [1.82, 2.24) is 4.90 Å². The Morgan fingerprint density at radius 1 is 1.47 bits per heavy atom. The summed E-state index contributed by atoms with van der Waals surface area (Å²) in [5, 5.41) is 9.52. The minimum atomic E-state index is -0.0849. The van der Waals surface area contributed by atoms with Crippen LogP contribution >= 0.6 is 23.4 Å². The number of amides is 1. The second-order valence-electron chi connectivity index (χ2n) is 3.91. The van der Waals surface area contributed by atoms with Crippen LogP contribution in [-0.2, 0) is 4.79 Å².